The third-order valence-corrected chi connectivity index (χ3v) is 7.16. The van der Waals surface area contributed by atoms with Gasteiger partial charge in [0.15, 0.2) is 0 Å². The van der Waals surface area contributed by atoms with Crippen molar-refractivity contribution in [2.24, 2.45) is 0 Å². The van der Waals surface area contributed by atoms with Crippen molar-refractivity contribution in [3.63, 3.8) is 0 Å². The first-order valence-corrected chi connectivity index (χ1v) is 14.9. The second-order valence-corrected chi connectivity index (χ2v) is 10.5. The maximum absolute atomic E-state index is 3.71. The van der Waals surface area contributed by atoms with Gasteiger partial charge in [0.05, 0.1) is 0 Å². The summed E-state index contributed by atoms with van der Waals surface area (Å²) in [6, 6.07) is 34.7. The number of benzene rings is 4. The molecule has 4 aromatic carbocycles. The number of rotatable bonds is 5. The molecule has 0 saturated carbocycles. The Balaban J connectivity index is 0.000000809. The van der Waals surface area contributed by atoms with Crippen LogP contribution in [-0.2, 0) is 32.6 Å². The molecule has 6 rings (SSSR count). The predicted molar refractivity (Wildman–Crippen MR) is 152 cm³/mol. The smallest absolute Gasteiger partial charge is 1.00 e. The number of fused-ring (bicyclic) bond motifs is 4. The van der Waals surface area contributed by atoms with Crippen LogP contribution < -0.4 is 24.8 Å². The summed E-state index contributed by atoms with van der Waals surface area (Å²) in [5, 5.41) is 0. The molecular formula is C34H33Cl2SiZr. The fraction of sp³-hybridized carbons (Fsp3) is 0.235. The second kappa shape index (κ2) is 15.2. The molecule has 0 saturated heterocycles. The molecule has 1 unspecified atom stereocenters. The molecule has 4 heteroatoms. The van der Waals surface area contributed by atoms with Crippen molar-refractivity contribution in [3.8, 4) is 22.3 Å². The second-order valence-electron chi connectivity index (χ2n) is 9.55. The van der Waals surface area contributed by atoms with Crippen LogP contribution in [0.2, 0.25) is 13.1 Å². The Kier molecular flexibility index (Phi) is 13.0. The van der Waals surface area contributed by atoms with Crippen molar-refractivity contribution in [1.82, 2.24) is 0 Å². The van der Waals surface area contributed by atoms with E-state index in [1.807, 2.05) is 0 Å². The summed E-state index contributed by atoms with van der Waals surface area (Å²) in [6.07, 6.45) is 7.10. The normalized spacial score (nSPS) is 13.8. The molecule has 0 aromatic heterocycles. The van der Waals surface area contributed by atoms with Gasteiger partial charge >= 0.3 is 26.2 Å². The van der Waals surface area contributed by atoms with Gasteiger partial charge < -0.3 is 24.8 Å². The molecule has 0 spiro atoms. The van der Waals surface area contributed by atoms with Crippen molar-refractivity contribution >= 4 is 15.6 Å². The van der Waals surface area contributed by atoms with Crippen molar-refractivity contribution in [1.29, 1.82) is 0 Å². The predicted octanol–water partition coefficient (Wildman–Crippen LogP) is 3.24. The molecule has 2 aliphatic carbocycles. The van der Waals surface area contributed by atoms with Crippen LogP contribution in [0.25, 0.3) is 28.3 Å². The summed E-state index contributed by atoms with van der Waals surface area (Å²) in [5.74, 6) is 0.310. The van der Waals surface area contributed by atoms with E-state index in [4.69, 9.17) is 0 Å². The minimum atomic E-state index is 0. The fourth-order valence-electron chi connectivity index (χ4n) is 5.65. The molecule has 38 heavy (non-hydrogen) atoms. The van der Waals surface area contributed by atoms with Gasteiger partial charge in [0.2, 0.25) is 0 Å². The maximum Gasteiger partial charge on any atom is 3.00 e. The number of hydrogen-bond donors (Lipinski definition) is 0. The summed E-state index contributed by atoms with van der Waals surface area (Å²) in [6.45, 7) is 6.59. The van der Waals surface area contributed by atoms with Crippen LogP contribution in [-0.4, -0.2) is 9.52 Å². The zero-order chi connectivity index (χ0) is 24.2. The van der Waals surface area contributed by atoms with Gasteiger partial charge in [0.1, 0.15) is 0 Å². The van der Waals surface area contributed by atoms with E-state index in [0.29, 0.717) is 5.92 Å². The minimum Gasteiger partial charge on any atom is -1.00 e. The van der Waals surface area contributed by atoms with Crippen LogP contribution in [0.4, 0.5) is 0 Å². The molecule has 0 bridgehead atoms. The molecule has 1 atom stereocenters. The van der Waals surface area contributed by atoms with E-state index in [-0.39, 0.29) is 51.0 Å². The van der Waals surface area contributed by atoms with E-state index in [9.17, 15) is 0 Å². The first kappa shape index (κ1) is 32.5. The molecule has 0 fully saturated rings. The average molecular weight is 632 g/mol. The first-order chi connectivity index (χ1) is 17.3. The zero-order valence-electron chi connectivity index (χ0n) is 22.3. The van der Waals surface area contributed by atoms with Gasteiger partial charge in [-0.3, -0.25) is 0 Å². The van der Waals surface area contributed by atoms with E-state index < -0.39 is 0 Å². The summed E-state index contributed by atoms with van der Waals surface area (Å²) >= 11 is 0. The molecule has 4 aromatic rings. The Labute approximate surface area is 263 Å². The molecule has 191 valence electrons. The quantitative estimate of drug-likeness (QED) is 0.207. The van der Waals surface area contributed by atoms with E-state index >= 15 is 0 Å². The van der Waals surface area contributed by atoms with Crippen LogP contribution in [0.3, 0.4) is 0 Å². The van der Waals surface area contributed by atoms with Crippen LogP contribution >= 0.6 is 0 Å². The SMILES string of the molecule is CCCCC1=Cc2c(-c3ccccc3)cccc2C1c1[c-]ccc2c1Cc1ccccc1-2.C[Si]C.[Cl-].[Cl-].[Zr+3]. The molecule has 0 amide bonds. The standard InChI is InChI=1S/C32H27.C2H6Si.2ClH.Zr/c1-2-3-11-24-21-30-25(22-12-5-4-6-13-22)16-9-18-28(30)32(24)29-19-10-17-27-26-15-8-7-14-23(26)20-31(27)29;1-3-2;;;/h4-10,12-18,21,32H,2-3,11,20H2,1H3;1-2H3;2*1H;/q-1;;;;+3/p-2. The van der Waals surface area contributed by atoms with Gasteiger partial charge in [0.25, 0.3) is 0 Å². The van der Waals surface area contributed by atoms with E-state index in [1.54, 1.807) is 5.57 Å². The largest absolute Gasteiger partial charge is 3.00 e. The van der Waals surface area contributed by atoms with Crippen LogP contribution in [0.15, 0.2) is 90.5 Å². The molecule has 0 N–H and O–H groups in total. The van der Waals surface area contributed by atoms with Crippen LogP contribution in [0.5, 0.6) is 0 Å². The molecule has 0 nitrogen and oxygen atoms in total. The number of allylic oxidation sites excluding steroid dienone is 1. The Hall–Kier alpha value is -1.70. The van der Waals surface area contributed by atoms with Crippen LogP contribution in [0, 0.1) is 6.07 Å². The Bertz CT molecular complexity index is 1360. The zero-order valence-corrected chi connectivity index (χ0v) is 27.3. The number of halogens is 2. The van der Waals surface area contributed by atoms with Crippen molar-refractivity contribution in [2.45, 2.75) is 51.6 Å². The summed E-state index contributed by atoms with van der Waals surface area (Å²) in [5.41, 5.74) is 14.1. The van der Waals surface area contributed by atoms with Gasteiger partial charge in [0, 0.05) is 15.4 Å². The summed E-state index contributed by atoms with van der Waals surface area (Å²) in [7, 11) is 1.08. The van der Waals surface area contributed by atoms with Gasteiger partial charge in [-0.25, -0.2) is 0 Å². The van der Waals surface area contributed by atoms with Crippen molar-refractivity contribution < 1.29 is 51.0 Å². The van der Waals surface area contributed by atoms with Crippen LogP contribution in [0.1, 0.15) is 59.9 Å². The summed E-state index contributed by atoms with van der Waals surface area (Å²) < 4.78 is 0. The van der Waals surface area contributed by atoms with Gasteiger partial charge in [-0.1, -0.05) is 111 Å². The van der Waals surface area contributed by atoms with E-state index in [2.05, 4.69) is 117 Å². The molecular weight excluding hydrogens is 599 g/mol. The van der Waals surface area contributed by atoms with E-state index in [1.165, 1.54) is 62.9 Å². The Morgan fingerprint density at radius 2 is 1.50 bits per heavy atom. The fourth-order valence-corrected chi connectivity index (χ4v) is 5.65. The monoisotopic (exact) mass is 629 g/mol. The van der Waals surface area contributed by atoms with Gasteiger partial charge in [-0.15, -0.1) is 16.7 Å². The Morgan fingerprint density at radius 3 is 2.24 bits per heavy atom. The third kappa shape index (κ3) is 6.37. The van der Waals surface area contributed by atoms with Gasteiger partial charge in [-0.2, -0.15) is 18.2 Å². The van der Waals surface area contributed by atoms with Crippen molar-refractivity contribution in [2.75, 3.05) is 0 Å². The maximum atomic E-state index is 3.71. The molecule has 2 aliphatic rings. The molecule has 3 radical (unpaired) electrons. The molecule has 0 heterocycles. The minimum absolute atomic E-state index is 0. The topological polar surface area (TPSA) is 0 Å². The number of hydrogen-bond acceptors (Lipinski definition) is 0. The third-order valence-electron chi connectivity index (χ3n) is 7.16. The first-order valence-electron chi connectivity index (χ1n) is 12.9. The molecule has 0 aliphatic heterocycles. The van der Waals surface area contributed by atoms with E-state index in [0.717, 1.165) is 22.4 Å². The van der Waals surface area contributed by atoms with Crippen molar-refractivity contribution in [3.05, 3.63) is 124 Å². The Morgan fingerprint density at radius 1 is 0.816 bits per heavy atom. The average Bonchev–Trinajstić information content (AvgIpc) is 3.46. The summed E-state index contributed by atoms with van der Waals surface area (Å²) in [4.78, 5) is 0. The number of unbranched alkanes of at least 4 members (excludes halogenated alkanes) is 1. The van der Waals surface area contributed by atoms with Gasteiger partial charge in [-0.05, 0) is 52.6 Å².